The van der Waals surface area contributed by atoms with Gasteiger partial charge in [-0.3, -0.25) is 24.7 Å². The molecule has 162 valence electrons. The maximum Gasteiger partial charge on any atom is 0.270 e. The molecule has 8 nitrogen and oxygen atoms in total. The number of morpholine rings is 1. The number of ether oxygens (including phenoxy) is 1. The van der Waals surface area contributed by atoms with E-state index in [1.807, 2.05) is 12.1 Å². The van der Waals surface area contributed by atoms with E-state index in [1.165, 1.54) is 34.4 Å². The first kappa shape index (κ1) is 21.9. The highest BCUT2D eigenvalue weighted by Gasteiger charge is 2.26. The van der Waals surface area contributed by atoms with Crippen LogP contribution in [0.5, 0.6) is 0 Å². The zero-order chi connectivity index (χ0) is 22.0. The van der Waals surface area contributed by atoms with E-state index in [1.54, 1.807) is 6.07 Å². The lowest BCUT2D eigenvalue weighted by molar-refractivity contribution is -0.384. The highest BCUT2D eigenvalue weighted by Crippen LogP contribution is 2.34. The molecular weight excluding hydrogens is 463 g/mol. The molecule has 1 fully saturated rings. The van der Waals surface area contributed by atoms with Crippen molar-refractivity contribution in [3.05, 3.63) is 62.1 Å². The van der Waals surface area contributed by atoms with E-state index in [0.29, 0.717) is 42.0 Å². The molecule has 1 amide bonds. The number of nitro benzene ring substituents is 1. The van der Waals surface area contributed by atoms with Crippen molar-refractivity contribution in [2.75, 3.05) is 44.3 Å². The number of hydrogen-bond donors (Lipinski definition) is 0. The Labute approximate surface area is 192 Å². The summed E-state index contributed by atoms with van der Waals surface area (Å²) in [5.41, 5.74) is 0.467. The van der Waals surface area contributed by atoms with E-state index in [0.717, 1.165) is 17.8 Å². The fourth-order valence-electron chi connectivity index (χ4n) is 3.31. The number of rotatable bonds is 6. The molecule has 1 aliphatic heterocycles. The number of fused-ring (bicyclic) bond motifs is 1. The Morgan fingerprint density at radius 3 is 2.71 bits per heavy atom. The molecule has 1 saturated heterocycles. The quantitative estimate of drug-likeness (QED) is 0.381. The molecule has 4 rings (SSSR count). The molecular formula is C20H18Cl2N4O4S. The summed E-state index contributed by atoms with van der Waals surface area (Å²) in [5, 5.41) is 12.3. The van der Waals surface area contributed by atoms with Crippen LogP contribution in [-0.4, -0.2) is 60.1 Å². The number of hydrogen-bond acceptors (Lipinski definition) is 7. The van der Waals surface area contributed by atoms with Gasteiger partial charge in [0, 0.05) is 38.3 Å². The molecule has 1 aliphatic rings. The summed E-state index contributed by atoms with van der Waals surface area (Å²) >= 11 is 13.9. The molecule has 1 aromatic heterocycles. The lowest BCUT2D eigenvalue weighted by Crippen LogP contribution is -2.43. The Morgan fingerprint density at radius 1 is 1.23 bits per heavy atom. The van der Waals surface area contributed by atoms with Crippen molar-refractivity contribution in [3.63, 3.8) is 0 Å². The van der Waals surface area contributed by atoms with Crippen molar-refractivity contribution in [3.8, 4) is 0 Å². The van der Waals surface area contributed by atoms with E-state index < -0.39 is 10.8 Å². The lowest BCUT2D eigenvalue weighted by atomic mass is 10.1. The average molecular weight is 481 g/mol. The largest absolute Gasteiger partial charge is 0.379 e. The number of carbonyl (C=O) groups is 1. The SMILES string of the molecule is O=C(c1cc([N+](=O)[O-])ccc1Cl)N(CCN1CCOCC1)c1nc2c(Cl)cccc2s1. The summed E-state index contributed by atoms with van der Waals surface area (Å²) < 4.78 is 6.23. The molecule has 0 unspecified atom stereocenters. The first-order chi connectivity index (χ1) is 14.9. The van der Waals surface area contributed by atoms with E-state index in [4.69, 9.17) is 27.9 Å². The minimum absolute atomic E-state index is 0.0585. The van der Waals surface area contributed by atoms with Gasteiger partial charge < -0.3 is 4.74 Å². The first-order valence-corrected chi connectivity index (χ1v) is 11.1. The summed E-state index contributed by atoms with van der Waals surface area (Å²) in [6.45, 7) is 3.76. The van der Waals surface area contributed by atoms with Crippen molar-refractivity contribution in [2.45, 2.75) is 0 Å². The molecule has 11 heteroatoms. The van der Waals surface area contributed by atoms with E-state index in [-0.39, 0.29) is 16.3 Å². The Balaban J connectivity index is 1.70. The summed E-state index contributed by atoms with van der Waals surface area (Å²) in [5.74, 6) is -0.447. The second-order valence-electron chi connectivity index (χ2n) is 6.92. The Bertz CT molecular complexity index is 1130. The molecule has 31 heavy (non-hydrogen) atoms. The molecule has 0 N–H and O–H groups in total. The van der Waals surface area contributed by atoms with Gasteiger partial charge in [-0.2, -0.15) is 0 Å². The van der Waals surface area contributed by atoms with E-state index in [9.17, 15) is 14.9 Å². The lowest BCUT2D eigenvalue weighted by Gasteiger charge is -2.29. The van der Waals surface area contributed by atoms with Gasteiger partial charge in [0.15, 0.2) is 5.13 Å². The van der Waals surface area contributed by atoms with Crippen LogP contribution >= 0.6 is 34.5 Å². The summed E-state index contributed by atoms with van der Waals surface area (Å²) in [6, 6.07) is 9.28. The van der Waals surface area contributed by atoms with Crippen LogP contribution in [0.2, 0.25) is 10.0 Å². The van der Waals surface area contributed by atoms with Gasteiger partial charge in [-0.1, -0.05) is 40.6 Å². The standard InChI is InChI=1S/C20H18Cl2N4O4S/c21-15-5-4-13(26(28)29)12-14(15)19(27)25(7-6-24-8-10-30-11-9-24)20-23-18-16(22)2-1-3-17(18)31-20/h1-5,12H,6-11H2. The Hall–Kier alpha value is -2.30. The molecule has 0 atom stereocenters. The molecule has 2 heterocycles. The maximum absolute atomic E-state index is 13.5. The van der Waals surface area contributed by atoms with Crippen molar-refractivity contribution in [1.29, 1.82) is 0 Å². The van der Waals surface area contributed by atoms with Gasteiger partial charge in [0.05, 0.1) is 38.4 Å². The molecule has 2 aromatic carbocycles. The van der Waals surface area contributed by atoms with Crippen LogP contribution in [0.4, 0.5) is 10.8 Å². The maximum atomic E-state index is 13.5. The third-order valence-electron chi connectivity index (χ3n) is 4.97. The zero-order valence-corrected chi connectivity index (χ0v) is 18.6. The summed E-state index contributed by atoms with van der Waals surface area (Å²) in [7, 11) is 0. The van der Waals surface area contributed by atoms with Crippen LogP contribution < -0.4 is 4.90 Å². The normalized spacial score (nSPS) is 14.6. The molecule has 3 aromatic rings. The van der Waals surface area contributed by atoms with Crippen molar-refractivity contribution >= 4 is 61.5 Å². The van der Waals surface area contributed by atoms with Gasteiger partial charge >= 0.3 is 0 Å². The fraction of sp³-hybridized carbons (Fsp3) is 0.300. The smallest absolute Gasteiger partial charge is 0.270 e. The third kappa shape index (κ3) is 4.81. The fourth-order valence-corrected chi connectivity index (χ4v) is 4.79. The van der Waals surface area contributed by atoms with Crippen molar-refractivity contribution in [1.82, 2.24) is 9.88 Å². The minimum atomic E-state index is -0.553. The molecule has 0 bridgehead atoms. The number of non-ortho nitro benzene ring substituents is 1. The van der Waals surface area contributed by atoms with Crippen LogP contribution in [0, 0.1) is 10.1 Å². The Morgan fingerprint density at radius 2 is 2.00 bits per heavy atom. The number of nitrogens with zero attached hydrogens (tertiary/aromatic N) is 4. The minimum Gasteiger partial charge on any atom is -0.379 e. The molecule has 0 radical (unpaired) electrons. The van der Waals surface area contributed by atoms with E-state index in [2.05, 4.69) is 9.88 Å². The predicted molar refractivity (Wildman–Crippen MR) is 122 cm³/mol. The second-order valence-corrected chi connectivity index (χ2v) is 8.74. The van der Waals surface area contributed by atoms with E-state index >= 15 is 0 Å². The third-order valence-corrected chi connectivity index (χ3v) is 6.65. The number of amides is 1. The van der Waals surface area contributed by atoms with Crippen molar-refractivity contribution < 1.29 is 14.5 Å². The van der Waals surface area contributed by atoms with Gasteiger partial charge in [-0.05, 0) is 18.2 Å². The Kier molecular flexibility index (Phi) is 6.68. The number of nitro groups is 1. The van der Waals surface area contributed by atoms with Gasteiger partial charge in [0.2, 0.25) is 0 Å². The zero-order valence-electron chi connectivity index (χ0n) is 16.3. The van der Waals surface area contributed by atoms with Gasteiger partial charge in [-0.25, -0.2) is 4.98 Å². The van der Waals surface area contributed by atoms with Gasteiger partial charge in [-0.15, -0.1) is 0 Å². The van der Waals surface area contributed by atoms with Gasteiger partial charge in [0.25, 0.3) is 11.6 Å². The van der Waals surface area contributed by atoms with Crippen LogP contribution in [0.25, 0.3) is 10.2 Å². The summed E-state index contributed by atoms with van der Waals surface area (Å²) in [6.07, 6.45) is 0. The molecule has 0 saturated carbocycles. The number of benzene rings is 2. The van der Waals surface area contributed by atoms with Gasteiger partial charge in [0.1, 0.15) is 5.52 Å². The van der Waals surface area contributed by atoms with Crippen LogP contribution in [0.15, 0.2) is 36.4 Å². The number of aromatic nitrogens is 1. The second kappa shape index (κ2) is 9.46. The monoisotopic (exact) mass is 480 g/mol. The van der Waals surface area contributed by atoms with Crippen LogP contribution in [0.1, 0.15) is 10.4 Å². The van der Waals surface area contributed by atoms with Crippen LogP contribution in [-0.2, 0) is 4.74 Å². The van der Waals surface area contributed by atoms with Crippen molar-refractivity contribution in [2.24, 2.45) is 0 Å². The highest BCUT2D eigenvalue weighted by atomic mass is 35.5. The average Bonchev–Trinajstić information content (AvgIpc) is 3.20. The van der Waals surface area contributed by atoms with Crippen LogP contribution in [0.3, 0.4) is 0 Å². The number of anilines is 1. The number of para-hydroxylation sites is 1. The number of carbonyl (C=O) groups excluding carboxylic acids is 1. The predicted octanol–water partition coefficient (Wildman–Crippen LogP) is 4.49. The summed E-state index contributed by atoms with van der Waals surface area (Å²) in [4.78, 5) is 32.4. The first-order valence-electron chi connectivity index (χ1n) is 9.55. The molecule has 0 aliphatic carbocycles. The molecule has 0 spiro atoms. The number of halogens is 2. The number of thiazole rings is 1. The topological polar surface area (TPSA) is 88.8 Å². The highest BCUT2D eigenvalue weighted by molar-refractivity contribution is 7.22.